The predicted octanol–water partition coefficient (Wildman–Crippen LogP) is 3.88. The standard InChI is InChI=1S/C27H42N2O8/c1-24(2,3)34-23(33)29-10-4-9-28-22(32)25-14-18-11-19(15-25)27(20(12-18)16-25)35-26(36-37-27)7-5-17(6-8-26)13-21(30)31/h17-20H,4-16H2,1-3H3,(H,28,32)(H,29,33)(H,30,31)/t17?,18?,19?,20?,25?,26-,27-. The maximum Gasteiger partial charge on any atom is 0.407 e. The van der Waals surface area contributed by atoms with Crippen molar-refractivity contribution >= 4 is 18.0 Å². The molecule has 0 aromatic heterocycles. The molecule has 3 N–H and O–H groups in total. The van der Waals surface area contributed by atoms with Crippen molar-refractivity contribution in [3.8, 4) is 0 Å². The second-order valence-electron chi connectivity index (χ2n) is 13.1. The molecular weight excluding hydrogens is 480 g/mol. The molecule has 4 bridgehead atoms. The van der Waals surface area contributed by atoms with Crippen molar-refractivity contribution < 1.29 is 38.7 Å². The molecule has 10 nitrogen and oxygen atoms in total. The van der Waals surface area contributed by atoms with Gasteiger partial charge in [-0.05, 0) is 84.0 Å². The molecule has 2 amide bonds. The first-order valence-corrected chi connectivity index (χ1v) is 14.0. The fraction of sp³-hybridized carbons (Fsp3) is 0.889. The van der Waals surface area contributed by atoms with Crippen LogP contribution in [-0.2, 0) is 28.8 Å². The van der Waals surface area contributed by atoms with Gasteiger partial charge in [0, 0.05) is 44.2 Å². The van der Waals surface area contributed by atoms with Crippen LogP contribution < -0.4 is 10.6 Å². The van der Waals surface area contributed by atoms with Crippen molar-refractivity contribution in [2.75, 3.05) is 13.1 Å². The first-order chi connectivity index (χ1) is 17.4. The lowest BCUT2D eigenvalue weighted by Crippen LogP contribution is -2.65. The van der Waals surface area contributed by atoms with Crippen LogP contribution in [0.15, 0.2) is 0 Å². The third kappa shape index (κ3) is 5.34. The molecule has 1 saturated heterocycles. The number of hydrogen-bond acceptors (Lipinski definition) is 7. The second kappa shape index (κ2) is 9.68. The van der Waals surface area contributed by atoms with Crippen LogP contribution >= 0.6 is 0 Å². The molecule has 37 heavy (non-hydrogen) atoms. The Hall–Kier alpha value is -1.91. The molecule has 6 rings (SSSR count). The van der Waals surface area contributed by atoms with Crippen molar-refractivity contribution in [1.29, 1.82) is 0 Å². The van der Waals surface area contributed by atoms with Crippen LogP contribution in [0.2, 0.25) is 0 Å². The number of amides is 2. The predicted molar refractivity (Wildman–Crippen MR) is 131 cm³/mol. The summed E-state index contributed by atoms with van der Waals surface area (Å²) in [5, 5.41) is 15.0. The van der Waals surface area contributed by atoms with E-state index in [-0.39, 0.29) is 30.1 Å². The fourth-order valence-corrected chi connectivity index (χ4v) is 7.71. The summed E-state index contributed by atoms with van der Waals surface area (Å²) in [6.07, 6.45) is 7.45. The molecule has 10 heteroatoms. The highest BCUT2D eigenvalue weighted by Gasteiger charge is 2.71. The zero-order chi connectivity index (χ0) is 26.5. The number of ether oxygens (including phenoxy) is 2. The van der Waals surface area contributed by atoms with Gasteiger partial charge in [-0.25, -0.2) is 4.79 Å². The topological polar surface area (TPSA) is 132 Å². The van der Waals surface area contributed by atoms with Gasteiger partial charge in [-0.15, -0.1) is 0 Å². The van der Waals surface area contributed by atoms with Crippen LogP contribution in [-0.4, -0.2) is 53.3 Å². The summed E-state index contributed by atoms with van der Waals surface area (Å²) in [5.74, 6) is -1.40. The van der Waals surface area contributed by atoms with Crippen molar-refractivity contribution in [1.82, 2.24) is 10.6 Å². The molecule has 208 valence electrons. The number of rotatable bonds is 7. The summed E-state index contributed by atoms with van der Waals surface area (Å²) in [4.78, 5) is 48.4. The lowest BCUT2D eigenvalue weighted by molar-refractivity contribution is -0.393. The van der Waals surface area contributed by atoms with E-state index >= 15 is 0 Å². The number of aliphatic carboxylic acids is 1. The monoisotopic (exact) mass is 522 g/mol. The third-order valence-electron chi connectivity index (χ3n) is 9.12. The smallest absolute Gasteiger partial charge is 0.407 e. The van der Waals surface area contributed by atoms with Gasteiger partial charge in [-0.1, -0.05) is 0 Å². The van der Waals surface area contributed by atoms with E-state index in [1.807, 2.05) is 20.8 Å². The average Bonchev–Trinajstić information content (AvgIpc) is 3.17. The molecule has 0 aromatic rings. The molecule has 2 unspecified atom stereocenters. The molecule has 1 aliphatic heterocycles. The lowest BCUT2D eigenvalue weighted by atomic mass is 9.47. The van der Waals surface area contributed by atoms with Crippen LogP contribution in [0, 0.1) is 29.1 Å². The zero-order valence-electron chi connectivity index (χ0n) is 22.3. The average molecular weight is 523 g/mol. The largest absolute Gasteiger partial charge is 0.481 e. The highest BCUT2D eigenvalue weighted by Crippen LogP contribution is 2.67. The van der Waals surface area contributed by atoms with E-state index in [0.29, 0.717) is 38.3 Å². The number of carbonyl (C=O) groups is 3. The Morgan fingerprint density at radius 3 is 2.24 bits per heavy atom. The van der Waals surface area contributed by atoms with Crippen LogP contribution in [0.25, 0.3) is 0 Å². The Kier molecular flexibility index (Phi) is 6.98. The summed E-state index contributed by atoms with van der Waals surface area (Å²) < 4.78 is 12.0. The molecule has 2 spiro atoms. The zero-order valence-corrected chi connectivity index (χ0v) is 22.3. The Balaban J connectivity index is 1.14. The lowest BCUT2D eigenvalue weighted by Gasteiger charge is -2.61. The van der Waals surface area contributed by atoms with Crippen molar-refractivity contribution in [3.05, 3.63) is 0 Å². The number of nitrogens with one attached hydrogen (secondary N) is 2. The number of carbonyl (C=O) groups excluding carboxylic acids is 2. The van der Waals surface area contributed by atoms with E-state index in [9.17, 15) is 14.4 Å². The molecule has 6 fully saturated rings. The summed E-state index contributed by atoms with van der Waals surface area (Å²) >= 11 is 0. The Morgan fingerprint density at radius 1 is 0.973 bits per heavy atom. The van der Waals surface area contributed by atoms with Gasteiger partial charge in [-0.2, -0.15) is 9.78 Å². The number of alkyl carbamates (subject to hydrolysis) is 1. The van der Waals surface area contributed by atoms with Gasteiger partial charge in [0.15, 0.2) is 0 Å². The molecule has 1 heterocycles. The molecular formula is C27H42N2O8. The molecule has 0 aromatic carbocycles. The summed E-state index contributed by atoms with van der Waals surface area (Å²) in [7, 11) is 0. The number of hydrogen-bond donors (Lipinski definition) is 3. The highest BCUT2D eigenvalue weighted by molar-refractivity contribution is 5.83. The summed E-state index contributed by atoms with van der Waals surface area (Å²) in [6.45, 7) is 6.40. The Labute approximate surface area is 218 Å². The maximum atomic E-state index is 13.4. The van der Waals surface area contributed by atoms with E-state index in [1.165, 1.54) is 0 Å². The first kappa shape index (κ1) is 26.7. The minimum absolute atomic E-state index is 0.0989. The number of carboxylic acid groups (broad SMARTS) is 1. The van der Waals surface area contributed by atoms with Gasteiger partial charge < -0.3 is 25.2 Å². The van der Waals surface area contributed by atoms with Gasteiger partial charge in [0.2, 0.25) is 17.5 Å². The van der Waals surface area contributed by atoms with Gasteiger partial charge in [-0.3, -0.25) is 9.59 Å². The molecule has 2 atom stereocenters. The Morgan fingerprint density at radius 2 is 1.62 bits per heavy atom. The van der Waals surface area contributed by atoms with Crippen LogP contribution in [0.4, 0.5) is 4.79 Å². The molecule has 5 aliphatic carbocycles. The van der Waals surface area contributed by atoms with Crippen LogP contribution in [0.3, 0.4) is 0 Å². The second-order valence-corrected chi connectivity index (χ2v) is 13.1. The Bertz CT molecular complexity index is 891. The minimum Gasteiger partial charge on any atom is -0.481 e. The maximum absolute atomic E-state index is 13.4. The first-order valence-electron chi connectivity index (χ1n) is 14.0. The number of carboxylic acids is 1. The SMILES string of the molecule is CC(C)(C)OC(=O)NCCCNC(=O)C12CC3CC(C1)[C@]1(OO[C@]4(CCC(CC(=O)O)CC4)O1)C(C3)C2. The van der Waals surface area contributed by atoms with Crippen LogP contribution in [0.5, 0.6) is 0 Å². The minimum atomic E-state index is -0.794. The summed E-state index contributed by atoms with van der Waals surface area (Å²) in [6, 6.07) is 0. The molecule has 6 aliphatic rings. The van der Waals surface area contributed by atoms with Crippen molar-refractivity contribution in [2.24, 2.45) is 29.1 Å². The van der Waals surface area contributed by atoms with E-state index in [2.05, 4.69) is 10.6 Å². The fourth-order valence-electron chi connectivity index (χ4n) is 7.71. The normalized spacial score (nSPS) is 40.2. The van der Waals surface area contributed by atoms with E-state index in [4.69, 9.17) is 24.4 Å². The molecule has 5 saturated carbocycles. The van der Waals surface area contributed by atoms with E-state index in [1.54, 1.807) is 0 Å². The third-order valence-corrected chi connectivity index (χ3v) is 9.12. The van der Waals surface area contributed by atoms with Gasteiger partial charge in [0.05, 0.1) is 5.41 Å². The van der Waals surface area contributed by atoms with Crippen molar-refractivity contribution in [2.45, 2.75) is 109 Å². The van der Waals surface area contributed by atoms with E-state index in [0.717, 1.165) is 44.9 Å². The van der Waals surface area contributed by atoms with Gasteiger partial charge in [0.25, 0.3) is 0 Å². The molecule has 0 radical (unpaired) electrons. The van der Waals surface area contributed by atoms with Crippen LogP contribution in [0.1, 0.15) is 91.4 Å². The van der Waals surface area contributed by atoms with Crippen molar-refractivity contribution in [3.63, 3.8) is 0 Å². The summed E-state index contributed by atoms with van der Waals surface area (Å²) in [5.41, 5.74) is -0.937. The van der Waals surface area contributed by atoms with Gasteiger partial charge >= 0.3 is 12.1 Å². The quantitative estimate of drug-likeness (QED) is 0.339. The van der Waals surface area contributed by atoms with Gasteiger partial charge in [0.1, 0.15) is 5.60 Å². The highest BCUT2D eigenvalue weighted by atomic mass is 17.3. The van der Waals surface area contributed by atoms with E-state index < -0.39 is 34.7 Å².